The van der Waals surface area contributed by atoms with E-state index in [1.54, 1.807) is 6.07 Å². The van der Waals surface area contributed by atoms with E-state index in [0.717, 1.165) is 5.56 Å². The topological polar surface area (TPSA) is 82.1 Å². The minimum absolute atomic E-state index is 0.0245. The quantitative estimate of drug-likeness (QED) is 0.820. The van der Waals surface area contributed by atoms with Crippen LogP contribution in [0.15, 0.2) is 18.2 Å². The summed E-state index contributed by atoms with van der Waals surface area (Å²) >= 11 is 0. The molecule has 4 rings (SSSR count). The lowest BCUT2D eigenvalue weighted by molar-refractivity contribution is -0.154. The molecule has 0 bridgehead atoms. The van der Waals surface area contributed by atoms with Crippen LogP contribution in [0.2, 0.25) is 0 Å². The molecule has 22 heavy (non-hydrogen) atoms. The highest BCUT2D eigenvalue weighted by atomic mass is 16.7. The SMILES string of the molecule is O=C1CC[C@@]2(Cc3ccc4c(c3)OCO4)C(=O)OC[C@@]2(O)C1. The average Bonchev–Trinajstić information content (AvgIpc) is 3.04. The van der Waals surface area contributed by atoms with Gasteiger partial charge in [-0.15, -0.1) is 0 Å². The predicted molar refractivity (Wildman–Crippen MR) is 73.5 cm³/mol. The standard InChI is InChI=1S/C16H16O6/c17-11-3-4-15(14(18)20-8-16(15,19)7-11)6-10-1-2-12-13(5-10)22-9-21-12/h1-2,5,19H,3-4,6-9H2/t15-,16+/m1/s1. The summed E-state index contributed by atoms with van der Waals surface area (Å²) in [7, 11) is 0. The van der Waals surface area contributed by atoms with Crippen LogP contribution in [-0.4, -0.2) is 35.9 Å². The second-order valence-corrected chi connectivity index (χ2v) is 6.27. The Morgan fingerprint density at radius 2 is 1.95 bits per heavy atom. The van der Waals surface area contributed by atoms with Crippen molar-refractivity contribution >= 4 is 11.8 Å². The molecular formula is C16H16O6. The third-order valence-electron chi connectivity index (χ3n) is 4.99. The number of Topliss-reactive ketones (excluding diaryl/α,β-unsaturated/α-hetero) is 1. The Balaban J connectivity index is 1.70. The van der Waals surface area contributed by atoms with E-state index in [2.05, 4.69) is 0 Å². The van der Waals surface area contributed by atoms with E-state index in [1.807, 2.05) is 12.1 Å². The van der Waals surface area contributed by atoms with Crippen molar-refractivity contribution in [1.82, 2.24) is 0 Å². The summed E-state index contributed by atoms with van der Waals surface area (Å²) < 4.78 is 15.7. The zero-order chi connectivity index (χ0) is 15.4. The second kappa shape index (κ2) is 4.46. The fourth-order valence-corrected chi connectivity index (χ4v) is 3.70. The summed E-state index contributed by atoms with van der Waals surface area (Å²) in [5, 5.41) is 10.8. The van der Waals surface area contributed by atoms with Crippen molar-refractivity contribution in [2.24, 2.45) is 5.41 Å². The van der Waals surface area contributed by atoms with Gasteiger partial charge < -0.3 is 19.3 Å². The molecule has 1 aromatic carbocycles. The van der Waals surface area contributed by atoms with Crippen LogP contribution in [0.5, 0.6) is 11.5 Å². The first-order chi connectivity index (χ1) is 10.5. The average molecular weight is 304 g/mol. The van der Waals surface area contributed by atoms with E-state index >= 15 is 0 Å². The van der Waals surface area contributed by atoms with E-state index in [-0.39, 0.29) is 25.6 Å². The van der Waals surface area contributed by atoms with Crippen LogP contribution in [0, 0.1) is 5.41 Å². The molecule has 0 spiro atoms. The number of esters is 1. The van der Waals surface area contributed by atoms with Crippen LogP contribution in [0.3, 0.4) is 0 Å². The Bertz CT molecular complexity index is 669. The summed E-state index contributed by atoms with van der Waals surface area (Å²) in [5.41, 5.74) is -1.60. The molecule has 0 amide bonds. The van der Waals surface area contributed by atoms with Crippen LogP contribution in [0.25, 0.3) is 0 Å². The van der Waals surface area contributed by atoms with Gasteiger partial charge in [-0.3, -0.25) is 9.59 Å². The van der Waals surface area contributed by atoms with Gasteiger partial charge in [0.15, 0.2) is 11.5 Å². The van der Waals surface area contributed by atoms with Crippen molar-refractivity contribution in [3.63, 3.8) is 0 Å². The summed E-state index contributed by atoms with van der Waals surface area (Å²) in [4.78, 5) is 24.0. The molecule has 2 atom stereocenters. The van der Waals surface area contributed by atoms with E-state index in [9.17, 15) is 14.7 Å². The van der Waals surface area contributed by atoms with Crippen LogP contribution in [0.1, 0.15) is 24.8 Å². The molecule has 1 saturated heterocycles. The molecule has 2 fully saturated rings. The van der Waals surface area contributed by atoms with E-state index in [0.29, 0.717) is 30.8 Å². The van der Waals surface area contributed by atoms with Crippen molar-refractivity contribution in [3.8, 4) is 11.5 Å². The highest BCUT2D eigenvalue weighted by molar-refractivity contribution is 5.89. The van der Waals surface area contributed by atoms with Crippen molar-refractivity contribution in [3.05, 3.63) is 23.8 Å². The highest BCUT2D eigenvalue weighted by Gasteiger charge is 2.64. The third-order valence-corrected chi connectivity index (χ3v) is 4.99. The monoisotopic (exact) mass is 304 g/mol. The molecule has 0 radical (unpaired) electrons. The number of benzene rings is 1. The van der Waals surface area contributed by atoms with Gasteiger partial charge in [0, 0.05) is 12.8 Å². The highest BCUT2D eigenvalue weighted by Crippen LogP contribution is 2.51. The van der Waals surface area contributed by atoms with Gasteiger partial charge in [-0.25, -0.2) is 0 Å². The smallest absolute Gasteiger partial charge is 0.315 e. The van der Waals surface area contributed by atoms with Crippen LogP contribution in [-0.2, 0) is 20.7 Å². The van der Waals surface area contributed by atoms with Gasteiger partial charge in [-0.1, -0.05) is 6.07 Å². The number of carbonyl (C=O) groups is 2. The number of fused-ring (bicyclic) bond motifs is 2. The maximum atomic E-state index is 12.3. The number of hydrogen-bond donors (Lipinski definition) is 1. The van der Waals surface area contributed by atoms with Gasteiger partial charge in [0.2, 0.25) is 6.79 Å². The van der Waals surface area contributed by atoms with E-state index in [4.69, 9.17) is 14.2 Å². The first-order valence-corrected chi connectivity index (χ1v) is 7.32. The predicted octanol–water partition coefficient (Wildman–Crippen LogP) is 0.985. The Morgan fingerprint density at radius 1 is 1.14 bits per heavy atom. The van der Waals surface area contributed by atoms with E-state index in [1.165, 1.54) is 0 Å². The van der Waals surface area contributed by atoms with Crippen LogP contribution < -0.4 is 9.47 Å². The van der Waals surface area contributed by atoms with Gasteiger partial charge >= 0.3 is 5.97 Å². The number of ether oxygens (including phenoxy) is 3. The fourth-order valence-electron chi connectivity index (χ4n) is 3.70. The minimum atomic E-state index is -1.41. The fraction of sp³-hybridized carbons (Fsp3) is 0.500. The lowest BCUT2D eigenvalue weighted by Crippen LogP contribution is -2.54. The number of rotatable bonds is 2. The van der Waals surface area contributed by atoms with Gasteiger partial charge in [0.25, 0.3) is 0 Å². The molecule has 0 aromatic heterocycles. The third kappa shape index (κ3) is 1.76. The number of cyclic esters (lactones) is 1. The zero-order valence-electron chi connectivity index (χ0n) is 12.0. The summed E-state index contributed by atoms with van der Waals surface area (Å²) in [6, 6.07) is 5.46. The maximum Gasteiger partial charge on any atom is 0.315 e. The lowest BCUT2D eigenvalue weighted by Gasteiger charge is -2.41. The maximum absolute atomic E-state index is 12.3. The van der Waals surface area contributed by atoms with Crippen molar-refractivity contribution in [2.75, 3.05) is 13.4 Å². The Hall–Kier alpha value is -2.08. The number of ketones is 1. The Kier molecular flexibility index (Phi) is 2.75. The van der Waals surface area contributed by atoms with Crippen molar-refractivity contribution in [2.45, 2.75) is 31.3 Å². The molecule has 1 saturated carbocycles. The summed E-state index contributed by atoms with van der Waals surface area (Å²) in [6.07, 6.45) is 0.910. The van der Waals surface area contributed by atoms with Gasteiger partial charge in [0.1, 0.15) is 23.4 Å². The molecule has 3 aliphatic rings. The zero-order valence-corrected chi connectivity index (χ0v) is 12.0. The van der Waals surface area contributed by atoms with Crippen molar-refractivity contribution in [1.29, 1.82) is 0 Å². The molecule has 6 nitrogen and oxygen atoms in total. The first kappa shape index (κ1) is 13.6. The molecule has 2 heterocycles. The first-order valence-electron chi connectivity index (χ1n) is 7.32. The largest absolute Gasteiger partial charge is 0.462 e. The summed E-state index contributed by atoms with van der Waals surface area (Å²) in [6.45, 7) is 0.0759. The molecule has 2 aliphatic heterocycles. The number of hydrogen-bond acceptors (Lipinski definition) is 6. The van der Waals surface area contributed by atoms with Crippen molar-refractivity contribution < 1.29 is 28.9 Å². The van der Waals surface area contributed by atoms with Gasteiger partial charge in [0.05, 0.1) is 0 Å². The Morgan fingerprint density at radius 3 is 2.82 bits per heavy atom. The number of aliphatic hydroxyl groups is 1. The lowest BCUT2D eigenvalue weighted by atomic mass is 9.61. The normalized spacial score (nSPS) is 32.8. The van der Waals surface area contributed by atoms with E-state index < -0.39 is 17.0 Å². The van der Waals surface area contributed by atoms with Crippen LogP contribution in [0.4, 0.5) is 0 Å². The molecule has 116 valence electrons. The second-order valence-electron chi connectivity index (χ2n) is 6.27. The number of carbonyl (C=O) groups excluding carboxylic acids is 2. The van der Waals surface area contributed by atoms with Gasteiger partial charge in [-0.2, -0.15) is 0 Å². The Labute approximate surface area is 127 Å². The van der Waals surface area contributed by atoms with Gasteiger partial charge in [-0.05, 0) is 30.5 Å². The molecule has 6 heteroatoms. The molecule has 1 N–H and O–H groups in total. The molecular weight excluding hydrogens is 288 g/mol. The summed E-state index contributed by atoms with van der Waals surface area (Å²) in [5.74, 6) is 0.863. The molecule has 1 aromatic rings. The minimum Gasteiger partial charge on any atom is -0.462 e. The molecule has 1 aliphatic carbocycles. The van der Waals surface area contributed by atoms with Crippen LogP contribution >= 0.6 is 0 Å². The molecule has 0 unspecified atom stereocenters.